The van der Waals surface area contributed by atoms with Gasteiger partial charge in [-0.2, -0.15) is 0 Å². The summed E-state index contributed by atoms with van der Waals surface area (Å²) in [7, 11) is 0. The lowest BCUT2D eigenvalue weighted by molar-refractivity contribution is -0.0686. The van der Waals surface area contributed by atoms with Crippen LogP contribution >= 0.6 is 0 Å². The molecule has 0 aliphatic rings. The number of pyridine rings is 1. The predicted octanol–water partition coefficient (Wildman–Crippen LogP) is 6.88. The van der Waals surface area contributed by atoms with Gasteiger partial charge in [-0.3, -0.25) is 9.36 Å². The van der Waals surface area contributed by atoms with Crippen molar-refractivity contribution in [2.45, 2.75) is 85.0 Å². The Balaban J connectivity index is 1.86. The molecule has 0 aliphatic heterocycles. The van der Waals surface area contributed by atoms with Crippen molar-refractivity contribution >= 4 is 5.82 Å². The Labute approximate surface area is 239 Å². The molecule has 1 heterocycles. The van der Waals surface area contributed by atoms with Gasteiger partial charge in [-0.05, 0) is 88.4 Å². The minimum atomic E-state index is -0.949. The van der Waals surface area contributed by atoms with Crippen molar-refractivity contribution in [1.29, 1.82) is 0 Å². The second-order valence-corrected chi connectivity index (χ2v) is 12.0. The summed E-state index contributed by atoms with van der Waals surface area (Å²) in [5.41, 5.74) is 5.40. The van der Waals surface area contributed by atoms with Crippen molar-refractivity contribution in [2.75, 3.05) is 12.3 Å². The van der Waals surface area contributed by atoms with Crippen LogP contribution in [0.15, 0.2) is 47.3 Å². The summed E-state index contributed by atoms with van der Waals surface area (Å²) in [4.78, 5) is 12.8. The normalized spacial score (nSPS) is 14.3. The van der Waals surface area contributed by atoms with Crippen LogP contribution in [0, 0.1) is 29.2 Å². The van der Waals surface area contributed by atoms with Gasteiger partial charge in [0.05, 0.1) is 11.7 Å². The van der Waals surface area contributed by atoms with Crippen molar-refractivity contribution in [1.82, 2.24) is 9.88 Å². The molecule has 0 fully saturated rings. The highest BCUT2D eigenvalue weighted by atomic mass is 19.1. The van der Waals surface area contributed by atoms with E-state index in [0.29, 0.717) is 24.4 Å². The van der Waals surface area contributed by atoms with E-state index in [1.807, 2.05) is 27.7 Å². The highest BCUT2D eigenvalue weighted by Gasteiger charge is 2.25. The van der Waals surface area contributed by atoms with E-state index in [0.717, 1.165) is 29.2 Å². The minimum Gasteiger partial charge on any atom is -0.384 e. The first-order valence-electron chi connectivity index (χ1n) is 13.9. The second-order valence-electron chi connectivity index (χ2n) is 12.0. The molecule has 3 N–H and O–H groups in total. The molecule has 3 rings (SSSR count). The number of ether oxygens (including phenoxy) is 1. The maximum atomic E-state index is 15.4. The third-order valence-electron chi connectivity index (χ3n) is 7.01. The van der Waals surface area contributed by atoms with E-state index >= 15 is 8.78 Å². The van der Waals surface area contributed by atoms with Gasteiger partial charge in [-0.1, -0.05) is 26.8 Å². The zero-order valence-corrected chi connectivity index (χ0v) is 24.8. The van der Waals surface area contributed by atoms with Gasteiger partial charge < -0.3 is 15.8 Å². The molecule has 1 aromatic heterocycles. The summed E-state index contributed by atoms with van der Waals surface area (Å²) in [6.45, 7) is 14.3. The Morgan fingerprint density at radius 3 is 2.07 bits per heavy atom. The zero-order chi connectivity index (χ0) is 30.6. The van der Waals surface area contributed by atoms with Gasteiger partial charge in [0.25, 0.3) is 5.56 Å². The first-order chi connectivity index (χ1) is 19.1. The van der Waals surface area contributed by atoms with E-state index in [9.17, 15) is 13.6 Å². The number of anilines is 1. The Hall–Kier alpha value is -3.17. The molecule has 3 atom stereocenters. The SMILES string of the molecule is CC(C)C[C@H](NCCc1cc(F)c(-n2c(N)c(C(C)c3ccc(F)cc3F)ccc2=O)c(F)c1)C(C)OC(C)(C)C. The maximum Gasteiger partial charge on any atom is 0.256 e. The highest BCUT2D eigenvalue weighted by molar-refractivity contribution is 5.53. The number of halogens is 4. The van der Waals surface area contributed by atoms with Crippen LogP contribution in [0.2, 0.25) is 0 Å². The number of hydrogen-bond acceptors (Lipinski definition) is 4. The van der Waals surface area contributed by atoms with Gasteiger partial charge in [0.1, 0.15) is 23.1 Å². The van der Waals surface area contributed by atoms with Gasteiger partial charge in [0.2, 0.25) is 0 Å². The van der Waals surface area contributed by atoms with Crippen LogP contribution < -0.4 is 16.6 Å². The van der Waals surface area contributed by atoms with Crippen LogP contribution in [0.25, 0.3) is 5.69 Å². The largest absolute Gasteiger partial charge is 0.384 e. The second kappa shape index (κ2) is 13.2. The molecule has 5 nitrogen and oxygen atoms in total. The number of hydrogen-bond donors (Lipinski definition) is 2. The van der Waals surface area contributed by atoms with Crippen LogP contribution in [0.4, 0.5) is 23.4 Å². The number of nitrogen functional groups attached to an aromatic ring is 1. The molecule has 0 saturated carbocycles. The van der Waals surface area contributed by atoms with Crippen molar-refractivity contribution < 1.29 is 22.3 Å². The summed E-state index contributed by atoms with van der Waals surface area (Å²) in [6.07, 6.45) is 1.15. The number of aromatic nitrogens is 1. The summed E-state index contributed by atoms with van der Waals surface area (Å²) < 4.78 is 65.5. The number of rotatable bonds is 11. The molecule has 2 unspecified atom stereocenters. The van der Waals surface area contributed by atoms with Crippen molar-refractivity contribution in [3.05, 3.63) is 92.8 Å². The van der Waals surface area contributed by atoms with E-state index < -0.39 is 40.4 Å². The monoisotopic (exact) mass is 575 g/mol. The fraction of sp³-hybridized carbons (Fsp3) is 0.469. The topological polar surface area (TPSA) is 69.3 Å². The average Bonchev–Trinajstić information content (AvgIpc) is 2.83. The molecule has 41 heavy (non-hydrogen) atoms. The zero-order valence-electron chi connectivity index (χ0n) is 24.8. The number of nitrogens with one attached hydrogen (secondary N) is 1. The first-order valence-corrected chi connectivity index (χ1v) is 13.9. The van der Waals surface area contributed by atoms with Crippen LogP contribution in [0.5, 0.6) is 0 Å². The molecule has 0 saturated heterocycles. The molecule has 0 radical (unpaired) electrons. The van der Waals surface area contributed by atoms with Gasteiger partial charge >= 0.3 is 0 Å². The lowest BCUT2D eigenvalue weighted by atomic mass is 9.93. The minimum absolute atomic E-state index is 0.0530. The highest BCUT2D eigenvalue weighted by Crippen LogP contribution is 2.32. The summed E-state index contributed by atoms with van der Waals surface area (Å²) in [6, 6.07) is 8.06. The maximum absolute atomic E-state index is 15.4. The lowest BCUT2D eigenvalue weighted by Gasteiger charge is -2.32. The van der Waals surface area contributed by atoms with E-state index in [-0.39, 0.29) is 34.7 Å². The third kappa shape index (κ3) is 8.20. The van der Waals surface area contributed by atoms with E-state index in [1.165, 1.54) is 24.3 Å². The fourth-order valence-electron chi connectivity index (χ4n) is 5.15. The summed E-state index contributed by atoms with van der Waals surface area (Å²) >= 11 is 0. The first kappa shape index (κ1) is 32.3. The number of benzene rings is 2. The molecule has 0 spiro atoms. The van der Waals surface area contributed by atoms with E-state index in [4.69, 9.17) is 10.5 Å². The number of nitrogens with zero attached hydrogens (tertiary/aromatic N) is 1. The van der Waals surface area contributed by atoms with Gasteiger partial charge in [0.15, 0.2) is 11.6 Å². The van der Waals surface area contributed by atoms with Crippen LogP contribution in [0.3, 0.4) is 0 Å². The Morgan fingerprint density at radius 2 is 1.51 bits per heavy atom. The van der Waals surface area contributed by atoms with E-state index in [1.54, 1.807) is 6.92 Å². The molecular weight excluding hydrogens is 534 g/mol. The van der Waals surface area contributed by atoms with Gasteiger partial charge in [0, 0.05) is 29.7 Å². The quantitative estimate of drug-likeness (QED) is 0.245. The van der Waals surface area contributed by atoms with Crippen LogP contribution in [0.1, 0.15) is 77.5 Å². The predicted molar refractivity (Wildman–Crippen MR) is 155 cm³/mol. The van der Waals surface area contributed by atoms with Gasteiger partial charge in [-0.25, -0.2) is 17.6 Å². The molecule has 2 aromatic carbocycles. The standard InChI is InChI=1S/C32H41F4N3O2/c1-18(2)14-28(20(4)41-32(5,6)7)38-13-12-21-15-26(35)30(27(36)16-21)39-29(40)11-10-24(31(39)37)19(3)23-9-8-22(33)17-25(23)34/h8-11,15-20,28,38H,12-14,37H2,1-7H3/t19?,20?,28-/m0/s1. The fourth-order valence-corrected chi connectivity index (χ4v) is 5.15. The number of nitrogens with two attached hydrogens (primary N) is 1. The lowest BCUT2D eigenvalue weighted by Crippen LogP contribution is -2.44. The van der Waals surface area contributed by atoms with Gasteiger partial charge in [-0.15, -0.1) is 0 Å². The third-order valence-corrected chi connectivity index (χ3v) is 7.01. The van der Waals surface area contributed by atoms with Crippen molar-refractivity contribution in [2.24, 2.45) is 5.92 Å². The smallest absolute Gasteiger partial charge is 0.256 e. The molecular formula is C32H41F4N3O2. The molecule has 224 valence electrons. The Morgan fingerprint density at radius 1 is 0.902 bits per heavy atom. The summed E-state index contributed by atoms with van der Waals surface area (Å²) in [5, 5.41) is 3.47. The summed E-state index contributed by atoms with van der Waals surface area (Å²) in [5.74, 6) is -3.95. The van der Waals surface area contributed by atoms with Crippen molar-refractivity contribution in [3.8, 4) is 5.69 Å². The molecule has 3 aromatic rings. The molecule has 0 amide bonds. The van der Waals surface area contributed by atoms with E-state index in [2.05, 4.69) is 19.2 Å². The Kier molecular flexibility index (Phi) is 10.4. The van der Waals surface area contributed by atoms with Crippen LogP contribution in [-0.4, -0.2) is 28.9 Å². The molecule has 0 bridgehead atoms. The Bertz CT molecular complexity index is 1390. The van der Waals surface area contributed by atoms with Crippen molar-refractivity contribution in [3.63, 3.8) is 0 Å². The molecule has 9 heteroatoms. The van der Waals surface area contributed by atoms with Crippen LogP contribution in [-0.2, 0) is 11.2 Å². The average molecular weight is 576 g/mol. The molecule has 0 aliphatic carbocycles.